The van der Waals surface area contributed by atoms with E-state index >= 15 is 0 Å². The number of hydrogen-bond donors (Lipinski definition) is 3. The number of ether oxygens (including phenoxy) is 1. The van der Waals surface area contributed by atoms with Crippen molar-refractivity contribution >= 4 is 29.2 Å². The fourth-order valence-corrected chi connectivity index (χ4v) is 5.37. The maximum Gasteiger partial charge on any atom is 0.329 e. The Morgan fingerprint density at radius 1 is 1.05 bits per heavy atom. The molecule has 0 saturated carbocycles. The third-order valence-corrected chi connectivity index (χ3v) is 6.99. The van der Waals surface area contributed by atoms with Gasteiger partial charge in [-0.05, 0) is 29.3 Å². The van der Waals surface area contributed by atoms with Gasteiger partial charge < -0.3 is 14.9 Å². The highest BCUT2D eigenvalue weighted by atomic mass is 16.6. The van der Waals surface area contributed by atoms with E-state index in [1.807, 2.05) is 0 Å². The highest BCUT2D eigenvalue weighted by molar-refractivity contribution is 6.24. The Bertz CT molecular complexity index is 1440. The first kappa shape index (κ1) is 23.9. The number of amides is 2. The fourth-order valence-electron chi connectivity index (χ4n) is 5.37. The molecule has 4 unspecified atom stereocenters. The van der Waals surface area contributed by atoms with Crippen LogP contribution in [0.3, 0.4) is 0 Å². The van der Waals surface area contributed by atoms with Gasteiger partial charge in [0.2, 0.25) is 11.8 Å². The number of methoxy groups -OCH3 is 1. The van der Waals surface area contributed by atoms with E-state index in [9.17, 15) is 34.7 Å². The normalized spacial score (nSPS) is 24.7. The van der Waals surface area contributed by atoms with E-state index in [2.05, 4.69) is 5.32 Å². The molecule has 3 N–H and O–H groups in total. The minimum absolute atomic E-state index is 0.0204. The number of carboxylic acid groups (broad SMARTS) is 1. The van der Waals surface area contributed by atoms with Crippen molar-refractivity contribution in [3.63, 3.8) is 0 Å². The van der Waals surface area contributed by atoms with Crippen LogP contribution in [0.15, 0.2) is 72.8 Å². The number of nitrogens with zero attached hydrogens (tertiary/aromatic N) is 2. The van der Waals surface area contributed by atoms with E-state index in [0.717, 1.165) is 11.0 Å². The monoisotopic (exact) mass is 503 g/mol. The maximum absolute atomic E-state index is 13.9. The van der Waals surface area contributed by atoms with Crippen LogP contribution in [0.1, 0.15) is 17.2 Å². The lowest BCUT2D eigenvalue weighted by Crippen LogP contribution is -2.53. The van der Waals surface area contributed by atoms with Crippen molar-refractivity contribution in [3.8, 4) is 11.5 Å². The molecule has 0 spiro atoms. The average molecular weight is 503 g/mol. The number of aromatic hydroxyl groups is 1. The Kier molecular flexibility index (Phi) is 5.64. The molecule has 0 aliphatic carbocycles. The van der Waals surface area contributed by atoms with Crippen LogP contribution in [0.25, 0.3) is 0 Å². The second-order valence-electron chi connectivity index (χ2n) is 8.82. The maximum atomic E-state index is 13.9. The number of aliphatic carboxylic acids is 1. The number of fused-ring (bicyclic) bond motifs is 1. The molecule has 2 heterocycles. The van der Waals surface area contributed by atoms with E-state index in [0.29, 0.717) is 5.56 Å². The predicted octanol–water partition coefficient (Wildman–Crippen LogP) is 2.74. The Morgan fingerprint density at radius 3 is 2.43 bits per heavy atom. The summed E-state index contributed by atoms with van der Waals surface area (Å²) >= 11 is 0. The standard InChI is InChI=1S/C26H21N3O8/c1-37-19-12-14(10-11-18(19)30)22-20-21(26(27-22,25(33)34)15-6-3-2-4-7-15)24(32)28(23(20)31)16-8-5-9-17(13-16)29(35)36/h2-13,20-22,27,30H,1H3,(H,33,34). The highest BCUT2D eigenvalue weighted by Crippen LogP contribution is 2.54. The number of nitro benzene ring substituents is 1. The van der Waals surface area contributed by atoms with Crippen LogP contribution in [0.4, 0.5) is 11.4 Å². The van der Waals surface area contributed by atoms with Crippen molar-refractivity contribution in [2.45, 2.75) is 11.6 Å². The number of hydrogen-bond acceptors (Lipinski definition) is 8. The molecule has 0 bridgehead atoms. The number of carbonyl (C=O) groups excluding carboxylic acids is 2. The van der Waals surface area contributed by atoms with Gasteiger partial charge in [-0.2, -0.15) is 0 Å². The summed E-state index contributed by atoms with van der Waals surface area (Å²) in [5.41, 5.74) is -1.63. The smallest absolute Gasteiger partial charge is 0.329 e. The first-order chi connectivity index (χ1) is 17.7. The quantitative estimate of drug-likeness (QED) is 0.261. The molecule has 2 aliphatic heterocycles. The Morgan fingerprint density at radius 2 is 1.78 bits per heavy atom. The number of non-ortho nitro benzene ring substituents is 1. The summed E-state index contributed by atoms with van der Waals surface area (Å²) in [6.45, 7) is 0. The third-order valence-electron chi connectivity index (χ3n) is 6.99. The summed E-state index contributed by atoms with van der Waals surface area (Å²) in [4.78, 5) is 52.2. The van der Waals surface area contributed by atoms with Gasteiger partial charge in [-0.3, -0.25) is 25.0 Å². The summed E-state index contributed by atoms with van der Waals surface area (Å²) in [6.07, 6.45) is 0. The second kappa shape index (κ2) is 8.71. The number of anilines is 1. The molecule has 2 saturated heterocycles. The number of nitro groups is 1. The molecular formula is C26H21N3O8. The number of rotatable bonds is 6. The fraction of sp³-hybridized carbons (Fsp3) is 0.192. The van der Waals surface area contributed by atoms with Crippen molar-refractivity contribution in [1.29, 1.82) is 0 Å². The molecule has 0 radical (unpaired) electrons. The van der Waals surface area contributed by atoms with Crippen LogP contribution in [0.5, 0.6) is 11.5 Å². The molecule has 188 valence electrons. The van der Waals surface area contributed by atoms with Gasteiger partial charge in [0, 0.05) is 18.2 Å². The zero-order valence-corrected chi connectivity index (χ0v) is 19.4. The topological polar surface area (TPSA) is 159 Å². The average Bonchev–Trinajstić information content (AvgIpc) is 3.39. The molecule has 11 nitrogen and oxygen atoms in total. The van der Waals surface area contributed by atoms with Gasteiger partial charge in [-0.15, -0.1) is 0 Å². The molecule has 3 aromatic carbocycles. The summed E-state index contributed by atoms with van der Waals surface area (Å²) < 4.78 is 5.19. The van der Waals surface area contributed by atoms with E-state index in [1.54, 1.807) is 30.3 Å². The van der Waals surface area contributed by atoms with Gasteiger partial charge in [0.1, 0.15) is 0 Å². The minimum Gasteiger partial charge on any atom is -0.504 e. The van der Waals surface area contributed by atoms with Gasteiger partial charge in [-0.25, -0.2) is 9.69 Å². The van der Waals surface area contributed by atoms with Crippen molar-refractivity contribution in [2.24, 2.45) is 11.8 Å². The number of benzene rings is 3. The van der Waals surface area contributed by atoms with Crippen LogP contribution >= 0.6 is 0 Å². The predicted molar refractivity (Wildman–Crippen MR) is 129 cm³/mol. The van der Waals surface area contributed by atoms with Crippen LogP contribution < -0.4 is 15.0 Å². The zero-order valence-electron chi connectivity index (χ0n) is 19.4. The number of carboxylic acids is 1. The Balaban J connectivity index is 1.72. The van der Waals surface area contributed by atoms with Crippen molar-refractivity contribution < 1.29 is 34.3 Å². The zero-order chi connectivity index (χ0) is 26.5. The van der Waals surface area contributed by atoms with Crippen molar-refractivity contribution in [2.75, 3.05) is 12.0 Å². The van der Waals surface area contributed by atoms with Gasteiger partial charge in [0.25, 0.3) is 5.69 Å². The molecule has 37 heavy (non-hydrogen) atoms. The molecule has 5 rings (SSSR count). The lowest BCUT2D eigenvalue weighted by Gasteiger charge is -2.31. The molecule has 11 heteroatoms. The van der Waals surface area contributed by atoms with Crippen LogP contribution in [-0.4, -0.2) is 40.0 Å². The number of phenols is 1. The minimum atomic E-state index is -1.98. The summed E-state index contributed by atoms with van der Waals surface area (Å²) in [5, 5.41) is 35.0. The van der Waals surface area contributed by atoms with Gasteiger partial charge in [-0.1, -0.05) is 42.5 Å². The van der Waals surface area contributed by atoms with Gasteiger partial charge in [0.05, 0.1) is 29.6 Å². The number of phenolic OH excluding ortho intramolecular Hbond substituents is 1. The van der Waals surface area contributed by atoms with Gasteiger partial charge in [0.15, 0.2) is 17.0 Å². The molecule has 4 atom stereocenters. The van der Waals surface area contributed by atoms with E-state index < -0.39 is 46.1 Å². The van der Waals surface area contributed by atoms with E-state index in [-0.39, 0.29) is 28.4 Å². The largest absolute Gasteiger partial charge is 0.504 e. The summed E-state index contributed by atoms with van der Waals surface area (Å²) in [5.74, 6) is -5.43. The number of nitrogens with one attached hydrogen (secondary N) is 1. The number of carbonyl (C=O) groups is 3. The van der Waals surface area contributed by atoms with Crippen LogP contribution in [0.2, 0.25) is 0 Å². The molecular weight excluding hydrogens is 482 g/mol. The van der Waals surface area contributed by atoms with Gasteiger partial charge >= 0.3 is 5.97 Å². The van der Waals surface area contributed by atoms with Crippen molar-refractivity contribution in [1.82, 2.24) is 5.32 Å². The van der Waals surface area contributed by atoms with Crippen molar-refractivity contribution in [3.05, 3.63) is 94.0 Å². The van der Waals surface area contributed by atoms with E-state index in [1.165, 1.54) is 43.5 Å². The summed E-state index contributed by atoms with van der Waals surface area (Å²) in [6, 6.07) is 16.5. The molecule has 0 aromatic heterocycles. The third kappa shape index (κ3) is 3.51. The second-order valence-corrected chi connectivity index (χ2v) is 8.82. The lowest BCUT2D eigenvalue weighted by molar-refractivity contribution is -0.384. The van der Waals surface area contributed by atoms with E-state index in [4.69, 9.17) is 4.74 Å². The van der Waals surface area contributed by atoms with Crippen LogP contribution in [-0.2, 0) is 19.9 Å². The number of imide groups is 1. The first-order valence-electron chi connectivity index (χ1n) is 11.3. The first-order valence-corrected chi connectivity index (χ1v) is 11.3. The molecule has 3 aromatic rings. The Hall–Kier alpha value is -4.77. The lowest BCUT2D eigenvalue weighted by atomic mass is 9.75. The Labute approximate surface area is 210 Å². The highest BCUT2D eigenvalue weighted by Gasteiger charge is 2.69. The molecule has 2 aliphatic rings. The molecule has 2 amide bonds. The van der Waals surface area contributed by atoms with Crippen LogP contribution in [0, 0.1) is 22.0 Å². The SMILES string of the molecule is COc1cc(C2NC(C(=O)O)(c3ccccc3)C3C(=O)N(c4cccc([N+](=O)[O-])c4)C(=O)C23)ccc1O. The molecule has 2 fully saturated rings. The summed E-state index contributed by atoms with van der Waals surface area (Å²) in [7, 11) is 1.35.